The molecule has 1 aliphatic carbocycles. The van der Waals surface area contributed by atoms with Crippen molar-refractivity contribution in [1.82, 2.24) is 0 Å². The third kappa shape index (κ3) is 4.76. The Morgan fingerprint density at radius 2 is 2.00 bits per heavy atom. The number of morpholine rings is 1. The highest BCUT2D eigenvalue weighted by molar-refractivity contribution is 7.15. The van der Waals surface area contributed by atoms with Crippen LogP contribution in [0.2, 0.25) is 0 Å². The van der Waals surface area contributed by atoms with E-state index in [2.05, 4.69) is 11.8 Å². The van der Waals surface area contributed by atoms with Gasteiger partial charge in [-0.05, 0) is 45.6 Å². The van der Waals surface area contributed by atoms with Crippen LogP contribution in [-0.2, 0) is 14.3 Å². The molecule has 0 radical (unpaired) electrons. The lowest BCUT2D eigenvalue weighted by atomic mass is 9.83. The van der Waals surface area contributed by atoms with E-state index < -0.39 is 5.97 Å². The number of ether oxygens (including phenoxy) is 2. The maximum atomic E-state index is 12.9. The summed E-state index contributed by atoms with van der Waals surface area (Å²) in [7, 11) is 1.37. The van der Waals surface area contributed by atoms with Gasteiger partial charge in [0, 0.05) is 5.41 Å². The van der Waals surface area contributed by atoms with Crippen LogP contribution in [0.15, 0.2) is 6.07 Å². The lowest BCUT2D eigenvalue weighted by Gasteiger charge is -2.41. The molecular weight excluding hydrogens is 374 g/mol. The van der Waals surface area contributed by atoms with E-state index in [-0.39, 0.29) is 24.0 Å². The molecule has 1 aliphatic heterocycles. The lowest BCUT2D eigenvalue weighted by Crippen LogP contribution is -2.53. The first-order valence-corrected chi connectivity index (χ1v) is 10.8. The molecule has 152 valence electrons. The van der Waals surface area contributed by atoms with Crippen molar-refractivity contribution in [1.29, 1.82) is 0 Å². The molecule has 1 saturated carbocycles. The SMILES string of the molecule is COC(=O)c1sc(C#CC(C)(C)C)cc1N1C(=O)COC[C@H]1C1CCCCC1. The molecule has 28 heavy (non-hydrogen) atoms. The van der Waals surface area contributed by atoms with E-state index in [1.807, 2.05) is 26.8 Å². The van der Waals surface area contributed by atoms with Crippen LogP contribution in [0, 0.1) is 23.2 Å². The van der Waals surface area contributed by atoms with Gasteiger partial charge in [0.2, 0.25) is 0 Å². The van der Waals surface area contributed by atoms with Crippen molar-refractivity contribution in [3.8, 4) is 11.8 Å². The molecule has 0 unspecified atom stereocenters. The number of nitrogens with zero attached hydrogens (tertiary/aromatic N) is 1. The molecule has 5 nitrogen and oxygen atoms in total. The molecule has 3 rings (SSSR count). The third-order valence-electron chi connectivity index (χ3n) is 5.21. The number of carbonyl (C=O) groups excluding carboxylic acids is 2. The molecule has 1 amide bonds. The molecule has 1 saturated heterocycles. The topological polar surface area (TPSA) is 55.8 Å². The second-order valence-corrected chi connectivity index (χ2v) is 9.61. The Kier molecular flexibility index (Phi) is 6.47. The summed E-state index contributed by atoms with van der Waals surface area (Å²) >= 11 is 1.29. The molecule has 1 aromatic rings. The zero-order chi connectivity index (χ0) is 20.3. The van der Waals surface area contributed by atoms with Crippen molar-refractivity contribution in [3.05, 3.63) is 15.8 Å². The molecule has 0 bridgehead atoms. The van der Waals surface area contributed by atoms with Crippen LogP contribution < -0.4 is 4.90 Å². The number of esters is 1. The van der Waals surface area contributed by atoms with Crippen LogP contribution in [0.4, 0.5) is 5.69 Å². The molecule has 6 heteroatoms. The van der Waals surface area contributed by atoms with Gasteiger partial charge < -0.3 is 14.4 Å². The average Bonchev–Trinajstić information content (AvgIpc) is 3.09. The van der Waals surface area contributed by atoms with Crippen LogP contribution in [-0.4, -0.2) is 38.2 Å². The molecular formula is C22H29NO4S. The highest BCUT2D eigenvalue weighted by Gasteiger charge is 2.38. The number of hydrogen-bond donors (Lipinski definition) is 0. The van der Waals surface area contributed by atoms with Crippen molar-refractivity contribution in [3.63, 3.8) is 0 Å². The Labute approximate surface area is 171 Å². The maximum Gasteiger partial charge on any atom is 0.350 e. The summed E-state index contributed by atoms with van der Waals surface area (Å²) in [6, 6.07) is 1.83. The summed E-state index contributed by atoms with van der Waals surface area (Å²) in [4.78, 5) is 28.3. The monoisotopic (exact) mass is 403 g/mol. The molecule has 2 fully saturated rings. The number of anilines is 1. The van der Waals surface area contributed by atoms with E-state index in [1.54, 1.807) is 4.90 Å². The summed E-state index contributed by atoms with van der Waals surface area (Å²) in [5.74, 6) is 6.24. The molecule has 1 atom stereocenters. The Morgan fingerprint density at radius 1 is 1.29 bits per heavy atom. The molecule has 2 aliphatic rings. The van der Waals surface area contributed by atoms with Gasteiger partial charge in [-0.1, -0.05) is 31.1 Å². The highest BCUT2D eigenvalue weighted by atomic mass is 32.1. The van der Waals surface area contributed by atoms with Crippen molar-refractivity contribution >= 4 is 28.9 Å². The average molecular weight is 404 g/mol. The number of rotatable bonds is 3. The first-order chi connectivity index (χ1) is 13.3. The second-order valence-electron chi connectivity index (χ2n) is 8.56. The van der Waals surface area contributed by atoms with Gasteiger partial charge in [-0.3, -0.25) is 4.79 Å². The number of amides is 1. The highest BCUT2D eigenvalue weighted by Crippen LogP contribution is 2.38. The largest absolute Gasteiger partial charge is 0.465 e. The first-order valence-electron chi connectivity index (χ1n) is 9.95. The minimum absolute atomic E-state index is 0.0389. The van der Waals surface area contributed by atoms with Crippen LogP contribution in [0.25, 0.3) is 0 Å². The van der Waals surface area contributed by atoms with E-state index in [0.717, 1.165) is 17.7 Å². The van der Waals surface area contributed by atoms with Gasteiger partial charge in [0.05, 0.1) is 30.3 Å². The lowest BCUT2D eigenvalue weighted by molar-refractivity contribution is -0.128. The van der Waals surface area contributed by atoms with Gasteiger partial charge in [-0.25, -0.2) is 4.79 Å². The first kappa shape index (κ1) is 20.9. The van der Waals surface area contributed by atoms with Crippen molar-refractivity contribution in [2.75, 3.05) is 25.2 Å². The zero-order valence-corrected chi connectivity index (χ0v) is 18.0. The smallest absolute Gasteiger partial charge is 0.350 e. The number of hydrogen-bond acceptors (Lipinski definition) is 5. The Hall–Kier alpha value is -1.84. The van der Waals surface area contributed by atoms with Gasteiger partial charge in [-0.15, -0.1) is 11.3 Å². The van der Waals surface area contributed by atoms with Gasteiger partial charge in [-0.2, -0.15) is 0 Å². The zero-order valence-electron chi connectivity index (χ0n) is 17.2. The minimum Gasteiger partial charge on any atom is -0.465 e. The van der Waals surface area contributed by atoms with Crippen LogP contribution in [0.3, 0.4) is 0 Å². The fourth-order valence-electron chi connectivity index (χ4n) is 3.88. The number of thiophene rings is 1. The van der Waals surface area contributed by atoms with Gasteiger partial charge >= 0.3 is 5.97 Å². The summed E-state index contributed by atoms with van der Waals surface area (Å²) < 4.78 is 10.6. The fraction of sp³-hybridized carbons (Fsp3) is 0.636. The summed E-state index contributed by atoms with van der Waals surface area (Å²) in [5.41, 5.74) is 0.480. The standard InChI is InChI=1S/C22H29NO4S/c1-22(2,3)11-10-16-12-17(20(28-16)21(25)26-4)23-18(13-27-14-19(23)24)15-8-6-5-7-9-15/h12,15,18H,5-9,13-14H2,1-4H3/t18-/m0/s1. The predicted octanol–water partition coefficient (Wildman–Crippen LogP) is 4.24. The van der Waals surface area contributed by atoms with Crippen molar-refractivity contribution < 1.29 is 19.1 Å². The fourth-order valence-corrected chi connectivity index (χ4v) is 4.81. The Balaban J connectivity index is 2.01. The van der Waals surface area contributed by atoms with Crippen LogP contribution >= 0.6 is 11.3 Å². The van der Waals surface area contributed by atoms with E-state index in [0.29, 0.717) is 23.1 Å². The quantitative estimate of drug-likeness (QED) is 0.559. The van der Waals surface area contributed by atoms with E-state index in [1.165, 1.54) is 37.7 Å². The summed E-state index contributed by atoms with van der Waals surface area (Å²) in [5, 5.41) is 0. The number of carbonyl (C=O) groups is 2. The van der Waals surface area contributed by atoms with E-state index in [9.17, 15) is 9.59 Å². The van der Waals surface area contributed by atoms with Crippen LogP contribution in [0.5, 0.6) is 0 Å². The molecule has 0 spiro atoms. The van der Waals surface area contributed by atoms with Gasteiger partial charge in [0.15, 0.2) is 0 Å². The van der Waals surface area contributed by atoms with Gasteiger partial charge in [0.25, 0.3) is 5.91 Å². The van der Waals surface area contributed by atoms with Crippen molar-refractivity contribution in [2.24, 2.45) is 11.3 Å². The molecule has 0 N–H and O–H groups in total. The van der Waals surface area contributed by atoms with E-state index in [4.69, 9.17) is 9.47 Å². The summed E-state index contributed by atoms with van der Waals surface area (Å²) in [6.45, 7) is 6.68. The predicted molar refractivity (Wildman–Crippen MR) is 111 cm³/mol. The Bertz CT molecular complexity index is 790. The molecule has 2 heterocycles. The maximum absolute atomic E-state index is 12.9. The Morgan fingerprint density at radius 3 is 2.64 bits per heavy atom. The third-order valence-corrected chi connectivity index (χ3v) is 6.23. The normalized spacial score (nSPS) is 21.2. The van der Waals surface area contributed by atoms with E-state index >= 15 is 0 Å². The number of methoxy groups -OCH3 is 1. The second kappa shape index (κ2) is 8.67. The molecule has 1 aromatic heterocycles. The molecule has 0 aromatic carbocycles. The van der Waals surface area contributed by atoms with Crippen LogP contribution in [0.1, 0.15) is 67.4 Å². The summed E-state index contributed by atoms with van der Waals surface area (Å²) in [6.07, 6.45) is 5.78. The van der Waals surface area contributed by atoms with Gasteiger partial charge in [0.1, 0.15) is 11.5 Å². The van der Waals surface area contributed by atoms with Crippen molar-refractivity contribution in [2.45, 2.75) is 58.9 Å². The minimum atomic E-state index is -0.425.